The SMILES string of the molecule is Cc1c[nH]c2cc(C(C)(C)C)ccc12. The predicted octanol–water partition coefficient (Wildman–Crippen LogP) is 3.77. The van der Waals surface area contributed by atoms with Crippen molar-refractivity contribution in [1.29, 1.82) is 0 Å². The van der Waals surface area contributed by atoms with Crippen LogP contribution in [0.15, 0.2) is 24.4 Å². The predicted molar refractivity (Wildman–Crippen MR) is 61.7 cm³/mol. The summed E-state index contributed by atoms with van der Waals surface area (Å²) in [4.78, 5) is 3.30. The van der Waals surface area contributed by atoms with E-state index in [4.69, 9.17) is 0 Å². The molecule has 1 aromatic carbocycles. The highest BCUT2D eigenvalue weighted by Crippen LogP contribution is 2.26. The summed E-state index contributed by atoms with van der Waals surface area (Å²) in [5, 5.41) is 1.33. The van der Waals surface area contributed by atoms with E-state index in [9.17, 15) is 0 Å². The van der Waals surface area contributed by atoms with Crippen LogP contribution >= 0.6 is 0 Å². The lowest BCUT2D eigenvalue weighted by Crippen LogP contribution is -2.10. The van der Waals surface area contributed by atoms with Crippen LogP contribution in [0.1, 0.15) is 31.9 Å². The average molecular weight is 187 g/mol. The van der Waals surface area contributed by atoms with Crippen molar-refractivity contribution in [2.24, 2.45) is 0 Å². The van der Waals surface area contributed by atoms with Crippen LogP contribution in [0.3, 0.4) is 0 Å². The normalized spacial score (nSPS) is 12.3. The van der Waals surface area contributed by atoms with Crippen LogP contribution in [0, 0.1) is 6.92 Å². The van der Waals surface area contributed by atoms with Crippen molar-refractivity contribution in [2.45, 2.75) is 33.1 Å². The first-order valence-corrected chi connectivity index (χ1v) is 5.07. The standard InChI is InChI=1S/C13H17N/c1-9-8-14-12-7-10(13(2,3)4)5-6-11(9)12/h5-8,14H,1-4H3. The fraction of sp³-hybridized carbons (Fsp3) is 0.385. The molecule has 2 aromatic rings. The number of hydrogen-bond acceptors (Lipinski definition) is 0. The molecule has 0 spiro atoms. The highest BCUT2D eigenvalue weighted by molar-refractivity contribution is 5.83. The summed E-state index contributed by atoms with van der Waals surface area (Å²) in [6, 6.07) is 6.69. The Morgan fingerprint density at radius 1 is 1.14 bits per heavy atom. The number of hydrogen-bond donors (Lipinski definition) is 1. The molecule has 0 radical (unpaired) electrons. The molecule has 14 heavy (non-hydrogen) atoms. The van der Waals surface area contributed by atoms with Gasteiger partial charge < -0.3 is 4.98 Å². The molecule has 1 heterocycles. The van der Waals surface area contributed by atoms with E-state index in [1.165, 1.54) is 22.0 Å². The highest BCUT2D eigenvalue weighted by Gasteiger charge is 2.14. The van der Waals surface area contributed by atoms with Crippen LogP contribution in [0.25, 0.3) is 10.9 Å². The van der Waals surface area contributed by atoms with Gasteiger partial charge in [-0.15, -0.1) is 0 Å². The van der Waals surface area contributed by atoms with Gasteiger partial charge in [-0.2, -0.15) is 0 Å². The molecule has 0 aliphatic rings. The molecular weight excluding hydrogens is 170 g/mol. The van der Waals surface area contributed by atoms with E-state index in [2.05, 4.69) is 57.1 Å². The maximum atomic E-state index is 3.30. The van der Waals surface area contributed by atoms with Gasteiger partial charge in [-0.1, -0.05) is 32.9 Å². The number of aromatic amines is 1. The van der Waals surface area contributed by atoms with E-state index in [1.54, 1.807) is 0 Å². The molecule has 0 saturated heterocycles. The van der Waals surface area contributed by atoms with E-state index >= 15 is 0 Å². The monoisotopic (exact) mass is 187 g/mol. The zero-order valence-electron chi connectivity index (χ0n) is 9.31. The van der Waals surface area contributed by atoms with Gasteiger partial charge in [0, 0.05) is 17.1 Å². The van der Waals surface area contributed by atoms with Crippen LogP contribution < -0.4 is 0 Å². The minimum absolute atomic E-state index is 0.229. The molecule has 0 atom stereocenters. The summed E-state index contributed by atoms with van der Waals surface area (Å²) in [5.74, 6) is 0. The molecule has 74 valence electrons. The minimum Gasteiger partial charge on any atom is -0.361 e. The molecule has 0 bridgehead atoms. The fourth-order valence-electron chi connectivity index (χ4n) is 1.74. The third-order valence-corrected chi connectivity index (χ3v) is 2.75. The largest absolute Gasteiger partial charge is 0.361 e. The van der Waals surface area contributed by atoms with Crippen molar-refractivity contribution in [2.75, 3.05) is 0 Å². The number of rotatable bonds is 0. The molecule has 2 rings (SSSR count). The number of nitrogens with one attached hydrogen (secondary N) is 1. The first-order chi connectivity index (χ1) is 6.48. The van der Waals surface area contributed by atoms with E-state index < -0.39 is 0 Å². The van der Waals surface area contributed by atoms with Gasteiger partial charge in [0.2, 0.25) is 0 Å². The van der Waals surface area contributed by atoms with Gasteiger partial charge in [-0.25, -0.2) is 0 Å². The number of aromatic nitrogens is 1. The molecule has 0 fully saturated rings. The molecule has 1 aromatic heterocycles. The highest BCUT2D eigenvalue weighted by atomic mass is 14.7. The first-order valence-electron chi connectivity index (χ1n) is 5.07. The molecule has 1 nitrogen and oxygen atoms in total. The lowest BCUT2D eigenvalue weighted by molar-refractivity contribution is 0.591. The maximum absolute atomic E-state index is 3.30. The third-order valence-electron chi connectivity index (χ3n) is 2.75. The van der Waals surface area contributed by atoms with Crippen molar-refractivity contribution in [3.05, 3.63) is 35.5 Å². The van der Waals surface area contributed by atoms with Gasteiger partial charge in [0.15, 0.2) is 0 Å². The van der Waals surface area contributed by atoms with Crippen LogP contribution in [-0.2, 0) is 5.41 Å². The van der Waals surface area contributed by atoms with Crippen molar-refractivity contribution >= 4 is 10.9 Å². The number of benzene rings is 1. The molecule has 1 N–H and O–H groups in total. The van der Waals surface area contributed by atoms with Crippen molar-refractivity contribution in [1.82, 2.24) is 4.98 Å². The second kappa shape index (κ2) is 2.88. The van der Waals surface area contributed by atoms with E-state index in [0.29, 0.717) is 0 Å². The van der Waals surface area contributed by atoms with E-state index in [-0.39, 0.29) is 5.41 Å². The van der Waals surface area contributed by atoms with E-state index in [1.807, 2.05) is 0 Å². The molecule has 0 aliphatic heterocycles. The number of aryl methyl sites for hydroxylation is 1. The van der Waals surface area contributed by atoms with Crippen molar-refractivity contribution in [3.8, 4) is 0 Å². The van der Waals surface area contributed by atoms with Gasteiger partial charge in [-0.3, -0.25) is 0 Å². The first kappa shape index (κ1) is 9.32. The zero-order valence-corrected chi connectivity index (χ0v) is 9.31. The van der Waals surface area contributed by atoms with Crippen LogP contribution in [0.4, 0.5) is 0 Å². The Kier molecular flexibility index (Phi) is 1.91. The third kappa shape index (κ3) is 1.43. The Bertz CT molecular complexity index is 458. The smallest absolute Gasteiger partial charge is 0.0459 e. The Balaban J connectivity index is 2.63. The quantitative estimate of drug-likeness (QED) is 0.646. The summed E-state index contributed by atoms with van der Waals surface area (Å²) >= 11 is 0. The number of H-pyrrole nitrogens is 1. The lowest BCUT2D eigenvalue weighted by atomic mass is 9.86. The zero-order chi connectivity index (χ0) is 10.3. The van der Waals surface area contributed by atoms with Crippen molar-refractivity contribution in [3.63, 3.8) is 0 Å². The summed E-state index contributed by atoms with van der Waals surface area (Å²) in [6.07, 6.45) is 2.07. The van der Waals surface area contributed by atoms with Gasteiger partial charge in [0.25, 0.3) is 0 Å². The van der Waals surface area contributed by atoms with Gasteiger partial charge in [0.05, 0.1) is 0 Å². The van der Waals surface area contributed by atoms with E-state index in [0.717, 1.165) is 0 Å². The van der Waals surface area contributed by atoms with Gasteiger partial charge >= 0.3 is 0 Å². The summed E-state index contributed by atoms with van der Waals surface area (Å²) in [6.45, 7) is 8.85. The Labute approximate surface area is 85.1 Å². The fourth-order valence-corrected chi connectivity index (χ4v) is 1.74. The second-order valence-electron chi connectivity index (χ2n) is 4.98. The average Bonchev–Trinajstić information content (AvgIpc) is 2.46. The number of fused-ring (bicyclic) bond motifs is 1. The molecule has 0 saturated carbocycles. The summed E-state index contributed by atoms with van der Waals surface area (Å²) < 4.78 is 0. The summed E-state index contributed by atoms with van der Waals surface area (Å²) in [5.41, 5.74) is 4.18. The van der Waals surface area contributed by atoms with Gasteiger partial charge in [0.1, 0.15) is 0 Å². The van der Waals surface area contributed by atoms with Crippen LogP contribution in [-0.4, -0.2) is 4.98 Å². The molecule has 1 heteroatoms. The Morgan fingerprint density at radius 2 is 1.86 bits per heavy atom. The molecule has 0 amide bonds. The van der Waals surface area contributed by atoms with Crippen LogP contribution in [0.2, 0.25) is 0 Å². The molecule has 0 aliphatic carbocycles. The lowest BCUT2D eigenvalue weighted by Gasteiger charge is -2.18. The summed E-state index contributed by atoms with van der Waals surface area (Å²) in [7, 11) is 0. The van der Waals surface area contributed by atoms with Crippen molar-refractivity contribution < 1.29 is 0 Å². The Hall–Kier alpha value is -1.24. The maximum Gasteiger partial charge on any atom is 0.0459 e. The van der Waals surface area contributed by atoms with Crippen LogP contribution in [0.5, 0.6) is 0 Å². The Morgan fingerprint density at radius 3 is 2.50 bits per heavy atom. The van der Waals surface area contributed by atoms with Gasteiger partial charge in [-0.05, 0) is 29.5 Å². The second-order valence-corrected chi connectivity index (χ2v) is 4.98. The molecule has 0 unspecified atom stereocenters. The molecular formula is C13H17N. The topological polar surface area (TPSA) is 15.8 Å². The minimum atomic E-state index is 0.229.